The van der Waals surface area contributed by atoms with E-state index in [2.05, 4.69) is 10.2 Å². The Morgan fingerprint density at radius 1 is 1.33 bits per heavy atom. The second-order valence-corrected chi connectivity index (χ2v) is 5.99. The maximum absolute atomic E-state index is 12.1. The third-order valence-electron chi connectivity index (χ3n) is 4.67. The summed E-state index contributed by atoms with van der Waals surface area (Å²) in [7, 11) is 0. The van der Waals surface area contributed by atoms with Gasteiger partial charge in [-0.3, -0.25) is 4.79 Å². The molecule has 1 amide bonds. The van der Waals surface area contributed by atoms with Crippen LogP contribution in [0, 0.1) is 5.92 Å². The number of hydrogen-bond donors (Lipinski definition) is 2. The predicted molar refractivity (Wildman–Crippen MR) is 84.5 cm³/mol. The maximum atomic E-state index is 12.1. The lowest BCUT2D eigenvalue weighted by Gasteiger charge is -2.44. The molecule has 3 fully saturated rings. The van der Waals surface area contributed by atoms with Gasteiger partial charge in [0.25, 0.3) is 0 Å². The van der Waals surface area contributed by atoms with E-state index in [9.17, 15) is 4.79 Å². The third-order valence-corrected chi connectivity index (χ3v) is 4.67. The lowest BCUT2D eigenvalue weighted by atomic mass is 9.84. The van der Waals surface area contributed by atoms with Crippen LogP contribution >= 0.6 is 0 Å². The fourth-order valence-corrected chi connectivity index (χ4v) is 3.41. The van der Waals surface area contributed by atoms with Crippen LogP contribution in [0.2, 0.25) is 0 Å². The van der Waals surface area contributed by atoms with Crippen LogP contribution in [0.4, 0.5) is 0 Å². The number of nitrogens with two attached hydrogens (primary N) is 1. The van der Waals surface area contributed by atoms with Crippen molar-refractivity contribution in [1.82, 2.24) is 10.2 Å². The molecule has 3 N–H and O–H groups in total. The van der Waals surface area contributed by atoms with Crippen LogP contribution in [-0.4, -0.2) is 36.5 Å². The van der Waals surface area contributed by atoms with Crippen LogP contribution < -0.4 is 11.1 Å². The van der Waals surface area contributed by atoms with Gasteiger partial charge in [-0.2, -0.15) is 0 Å². The van der Waals surface area contributed by atoms with Gasteiger partial charge in [-0.05, 0) is 49.1 Å². The highest BCUT2D eigenvalue weighted by Gasteiger charge is 2.34. The molecule has 0 spiro atoms. The Labute approximate surface area is 126 Å². The molecule has 1 unspecified atom stereocenters. The fourth-order valence-electron chi connectivity index (χ4n) is 3.41. The van der Waals surface area contributed by atoms with Crippen LogP contribution in [0.25, 0.3) is 6.08 Å². The van der Waals surface area contributed by atoms with Crippen molar-refractivity contribution in [1.29, 1.82) is 0 Å². The van der Waals surface area contributed by atoms with Crippen molar-refractivity contribution in [3.05, 3.63) is 41.5 Å². The van der Waals surface area contributed by atoms with E-state index in [0.717, 1.165) is 17.7 Å². The number of rotatable bonds is 4. The summed E-state index contributed by atoms with van der Waals surface area (Å²) in [5.41, 5.74) is 7.78. The maximum Gasteiger partial charge on any atom is 0.244 e. The van der Waals surface area contributed by atoms with Gasteiger partial charge < -0.3 is 16.0 Å². The van der Waals surface area contributed by atoms with E-state index < -0.39 is 0 Å². The van der Waals surface area contributed by atoms with Crippen LogP contribution in [0.1, 0.15) is 24.0 Å². The Balaban J connectivity index is 1.60. The number of amides is 1. The summed E-state index contributed by atoms with van der Waals surface area (Å²) in [6.07, 6.45) is 5.92. The van der Waals surface area contributed by atoms with E-state index in [1.807, 2.05) is 30.3 Å². The number of piperidine rings is 3. The minimum absolute atomic E-state index is 0.000532. The van der Waals surface area contributed by atoms with Gasteiger partial charge in [0.05, 0.1) is 0 Å². The lowest BCUT2D eigenvalue weighted by Crippen LogP contribution is -2.57. The molecular weight excluding hydrogens is 262 g/mol. The SMILES string of the molecule is NCc1ccccc1/C=C/C(=O)NC1CN2CCC1CC2. The molecule has 3 saturated heterocycles. The Morgan fingerprint density at radius 3 is 2.76 bits per heavy atom. The van der Waals surface area contributed by atoms with Gasteiger partial charge in [0.15, 0.2) is 0 Å². The molecule has 21 heavy (non-hydrogen) atoms. The van der Waals surface area contributed by atoms with Crippen LogP contribution in [0.3, 0.4) is 0 Å². The monoisotopic (exact) mass is 285 g/mol. The zero-order valence-electron chi connectivity index (χ0n) is 12.3. The predicted octanol–water partition coefficient (Wildman–Crippen LogP) is 1.37. The van der Waals surface area contributed by atoms with E-state index in [1.54, 1.807) is 6.08 Å². The summed E-state index contributed by atoms with van der Waals surface area (Å²) >= 11 is 0. The van der Waals surface area contributed by atoms with E-state index in [4.69, 9.17) is 5.73 Å². The number of nitrogens with one attached hydrogen (secondary N) is 1. The van der Waals surface area contributed by atoms with E-state index in [0.29, 0.717) is 18.5 Å². The molecule has 112 valence electrons. The van der Waals surface area contributed by atoms with Crippen LogP contribution in [-0.2, 0) is 11.3 Å². The summed E-state index contributed by atoms with van der Waals surface area (Å²) in [6.45, 7) is 3.87. The highest BCUT2D eigenvalue weighted by molar-refractivity contribution is 5.92. The first-order chi connectivity index (χ1) is 10.3. The molecule has 2 bridgehead atoms. The molecule has 4 heteroatoms. The van der Waals surface area contributed by atoms with E-state index >= 15 is 0 Å². The average Bonchev–Trinajstić information content (AvgIpc) is 2.54. The van der Waals surface area contributed by atoms with Crippen molar-refractivity contribution in [3.63, 3.8) is 0 Å². The van der Waals surface area contributed by atoms with Gasteiger partial charge in [0.2, 0.25) is 5.91 Å². The van der Waals surface area contributed by atoms with Crippen molar-refractivity contribution in [2.75, 3.05) is 19.6 Å². The van der Waals surface area contributed by atoms with Gasteiger partial charge in [0.1, 0.15) is 0 Å². The molecule has 1 aromatic carbocycles. The lowest BCUT2D eigenvalue weighted by molar-refractivity contribution is -0.118. The molecule has 0 aromatic heterocycles. The molecule has 4 rings (SSSR count). The Bertz CT molecular complexity index is 533. The highest BCUT2D eigenvalue weighted by atomic mass is 16.1. The molecule has 0 radical (unpaired) electrons. The second kappa shape index (κ2) is 6.41. The Morgan fingerprint density at radius 2 is 2.10 bits per heavy atom. The standard InChI is InChI=1S/C17H23N3O/c18-11-15-4-2-1-3-13(15)5-6-17(21)19-16-12-20-9-7-14(16)8-10-20/h1-6,14,16H,7-12,18H2,(H,19,21)/b6-5+. The number of carbonyl (C=O) groups is 1. The molecule has 3 aliphatic heterocycles. The topological polar surface area (TPSA) is 58.4 Å². The highest BCUT2D eigenvalue weighted by Crippen LogP contribution is 2.27. The first-order valence-electron chi connectivity index (χ1n) is 7.75. The number of fused-ring (bicyclic) bond motifs is 3. The molecular formula is C17H23N3O. The van der Waals surface area contributed by atoms with Gasteiger partial charge >= 0.3 is 0 Å². The average molecular weight is 285 g/mol. The first-order valence-corrected chi connectivity index (χ1v) is 7.75. The molecule has 1 aromatic rings. The quantitative estimate of drug-likeness (QED) is 0.822. The van der Waals surface area contributed by atoms with Gasteiger partial charge in [-0.15, -0.1) is 0 Å². The Hall–Kier alpha value is -1.65. The van der Waals surface area contributed by atoms with Gasteiger partial charge in [0, 0.05) is 25.2 Å². The van der Waals surface area contributed by atoms with E-state index in [-0.39, 0.29) is 5.91 Å². The summed E-state index contributed by atoms with van der Waals surface area (Å²) in [4.78, 5) is 14.6. The zero-order valence-corrected chi connectivity index (χ0v) is 12.3. The minimum atomic E-state index is 0.000532. The largest absolute Gasteiger partial charge is 0.348 e. The second-order valence-electron chi connectivity index (χ2n) is 5.99. The fraction of sp³-hybridized carbons (Fsp3) is 0.471. The van der Waals surface area contributed by atoms with Crippen LogP contribution in [0.15, 0.2) is 30.3 Å². The summed E-state index contributed by atoms with van der Waals surface area (Å²) in [5.74, 6) is 0.657. The van der Waals surface area contributed by atoms with Crippen molar-refractivity contribution in [2.24, 2.45) is 11.7 Å². The minimum Gasteiger partial charge on any atom is -0.348 e. The number of nitrogens with zero attached hydrogens (tertiary/aromatic N) is 1. The summed E-state index contributed by atoms with van der Waals surface area (Å²) in [5, 5.41) is 3.16. The number of benzene rings is 1. The van der Waals surface area contributed by atoms with Crippen molar-refractivity contribution >= 4 is 12.0 Å². The first kappa shape index (κ1) is 14.3. The van der Waals surface area contributed by atoms with Gasteiger partial charge in [-0.1, -0.05) is 24.3 Å². The molecule has 3 aliphatic rings. The van der Waals surface area contributed by atoms with Crippen LogP contribution in [0.5, 0.6) is 0 Å². The Kier molecular flexibility index (Phi) is 4.36. The molecule has 0 aliphatic carbocycles. The van der Waals surface area contributed by atoms with Crippen molar-refractivity contribution in [3.8, 4) is 0 Å². The zero-order chi connectivity index (χ0) is 14.7. The molecule has 3 heterocycles. The molecule has 4 nitrogen and oxygen atoms in total. The van der Waals surface area contributed by atoms with Gasteiger partial charge in [-0.25, -0.2) is 0 Å². The summed E-state index contributed by atoms with van der Waals surface area (Å²) in [6, 6.07) is 8.22. The van der Waals surface area contributed by atoms with Crippen molar-refractivity contribution < 1.29 is 4.79 Å². The molecule has 1 atom stereocenters. The van der Waals surface area contributed by atoms with E-state index in [1.165, 1.54) is 25.9 Å². The number of carbonyl (C=O) groups excluding carboxylic acids is 1. The van der Waals surface area contributed by atoms with Crippen molar-refractivity contribution in [2.45, 2.75) is 25.4 Å². The molecule has 0 saturated carbocycles. The number of hydrogen-bond acceptors (Lipinski definition) is 3. The third kappa shape index (κ3) is 3.34. The smallest absolute Gasteiger partial charge is 0.244 e. The summed E-state index contributed by atoms with van der Waals surface area (Å²) < 4.78 is 0. The normalized spacial score (nSPS) is 28.0.